The largest absolute Gasteiger partial charge is 0.356 e. The summed E-state index contributed by atoms with van der Waals surface area (Å²) < 4.78 is 5.61. The monoisotopic (exact) mass is 465 g/mol. The zero-order valence-corrected chi connectivity index (χ0v) is 19.6. The second kappa shape index (κ2) is 9.58. The van der Waals surface area contributed by atoms with Crippen LogP contribution in [0.15, 0.2) is 83.4 Å². The predicted molar refractivity (Wildman–Crippen MR) is 135 cm³/mol. The first-order valence-electron chi connectivity index (χ1n) is 11.8. The normalized spacial score (nSPS) is 13.7. The third-order valence-corrected chi connectivity index (χ3v) is 6.66. The summed E-state index contributed by atoms with van der Waals surface area (Å²) in [5.41, 5.74) is 6.53. The highest BCUT2D eigenvalue weighted by atomic mass is 16.5. The van der Waals surface area contributed by atoms with Crippen LogP contribution < -0.4 is 10.6 Å². The number of carbonyl (C=O) groups is 2. The van der Waals surface area contributed by atoms with Gasteiger partial charge in [-0.1, -0.05) is 84.0 Å². The van der Waals surface area contributed by atoms with Crippen LogP contribution in [0.25, 0.3) is 22.5 Å². The molecule has 1 saturated carbocycles. The molecule has 176 valence electrons. The van der Waals surface area contributed by atoms with Gasteiger partial charge >= 0.3 is 6.03 Å². The number of amides is 2. The molecule has 5 rings (SSSR count). The smallest absolute Gasteiger partial charge is 0.315 e. The van der Waals surface area contributed by atoms with Crippen molar-refractivity contribution in [3.05, 3.63) is 101 Å². The summed E-state index contributed by atoms with van der Waals surface area (Å²) in [6, 6.07) is 25.8. The molecule has 0 radical (unpaired) electrons. The van der Waals surface area contributed by atoms with Gasteiger partial charge in [0.25, 0.3) is 0 Å². The van der Waals surface area contributed by atoms with E-state index in [0.717, 1.165) is 58.2 Å². The molecule has 1 aliphatic rings. The van der Waals surface area contributed by atoms with Crippen molar-refractivity contribution in [2.45, 2.75) is 38.3 Å². The highest BCUT2D eigenvalue weighted by Crippen LogP contribution is 2.46. The average molecular weight is 466 g/mol. The lowest BCUT2D eigenvalue weighted by Crippen LogP contribution is -2.34. The molecule has 0 aliphatic heterocycles. The van der Waals surface area contributed by atoms with Crippen molar-refractivity contribution in [2.24, 2.45) is 0 Å². The molecule has 4 aromatic rings. The molecule has 1 heterocycles. The Labute approximate surface area is 204 Å². The first kappa shape index (κ1) is 22.6. The fourth-order valence-electron chi connectivity index (χ4n) is 4.25. The van der Waals surface area contributed by atoms with Crippen LogP contribution in [0.2, 0.25) is 0 Å². The van der Waals surface area contributed by atoms with Crippen LogP contribution in [0.1, 0.15) is 35.2 Å². The Morgan fingerprint density at radius 1 is 0.886 bits per heavy atom. The highest BCUT2D eigenvalue weighted by molar-refractivity contribution is 5.76. The molecule has 0 bridgehead atoms. The van der Waals surface area contributed by atoms with Gasteiger partial charge in [-0.15, -0.1) is 0 Å². The topological polar surface area (TPSA) is 84.2 Å². The van der Waals surface area contributed by atoms with Crippen LogP contribution in [-0.2, 0) is 23.3 Å². The number of nitrogens with one attached hydrogen (secondary N) is 2. The number of aldehydes is 1. The van der Waals surface area contributed by atoms with E-state index in [0.29, 0.717) is 18.8 Å². The molecule has 35 heavy (non-hydrogen) atoms. The van der Waals surface area contributed by atoms with Crippen LogP contribution in [0.3, 0.4) is 0 Å². The molecule has 1 fully saturated rings. The Bertz CT molecular complexity index is 1320. The number of hydrogen-bond donors (Lipinski definition) is 2. The van der Waals surface area contributed by atoms with Gasteiger partial charge in [0.2, 0.25) is 0 Å². The van der Waals surface area contributed by atoms with E-state index >= 15 is 0 Å². The second-order valence-electron chi connectivity index (χ2n) is 9.03. The minimum atomic E-state index is -0.255. The van der Waals surface area contributed by atoms with E-state index in [2.05, 4.69) is 40.1 Å². The van der Waals surface area contributed by atoms with E-state index < -0.39 is 0 Å². The quantitative estimate of drug-likeness (QED) is 0.334. The lowest BCUT2D eigenvalue weighted by Gasteiger charge is -2.10. The van der Waals surface area contributed by atoms with Crippen molar-refractivity contribution in [2.75, 3.05) is 0 Å². The van der Waals surface area contributed by atoms with Gasteiger partial charge in [-0.05, 0) is 42.0 Å². The van der Waals surface area contributed by atoms with Crippen molar-refractivity contribution < 1.29 is 14.1 Å². The van der Waals surface area contributed by atoms with Gasteiger partial charge in [0, 0.05) is 17.7 Å². The summed E-state index contributed by atoms with van der Waals surface area (Å²) in [4.78, 5) is 23.7. The van der Waals surface area contributed by atoms with Gasteiger partial charge in [-0.2, -0.15) is 0 Å². The van der Waals surface area contributed by atoms with Crippen LogP contribution in [0.5, 0.6) is 0 Å². The molecular weight excluding hydrogens is 438 g/mol. The van der Waals surface area contributed by atoms with Crippen molar-refractivity contribution in [1.29, 1.82) is 0 Å². The first-order valence-corrected chi connectivity index (χ1v) is 11.8. The Morgan fingerprint density at radius 3 is 2.11 bits per heavy atom. The number of aromatic nitrogens is 1. The van der Waals surface area contributed by atoms with Crippen LogP contribution in [0, 0.1) is 6.92 Å². The van der Waals surface area contributed by atoms with E-state index in [1.807, 2.05) is 61.5 Å². The van der Waals surface area contributed by atoms with Gasteiger partial charge in [0.05, 0.1) is 17.7 Å². The third kappa shape index (κ3) is 4.87. The number of nitrogens with zero attached hydrogens (tertiary/aromatic N) is 1. The van der Waals surface area contributed by atoms with Gasteiger partial charge in [0.15, 0.2) is 5.76 Å². The molecule has 1 aromatic heterocycles. The molecule has 2 amide bonds. The molecule has 0 spiro atoms. The summed E-state index contributed by atoms with van der Waals surface area (Å²) in [5, 5.41) is 9.88. The fourth-order valence-corrected chi connectivity index (χ4v) is 4.25. The lowest BCUT2D eigenvalue weighted by atomic mass is 9.94. The van der Waals surface area contributed by atoms with E-state index in [-0.39, 0.29) is 11.4 Å². The van der Waals surface area contributed by atoms with E-state index in [9.17, 15) is 9.59 Å². The number of benzene rings is 3. The Hall–Kier alpha value is -4.19. The van der Waals surface area contributed by atoms with E-state index in [4.69, 9.17) is 4.52 Å². The predicted octanol–water partition coefficient (Wildman–Crippen LogP) is 5.55. The van der Waals surface area contributed by atoms with Crippen molar-refractivity contribution >= 4 is 12.3 Å². The second-order valence-corrected chi connectivity index (χ2v) is 9.03. The van der Waals surface area contributed by atoms with Gasteiger partial charge in [-0.3, -0.25) is 0 Å². The Kier molecular flexibility index (Phi) is 6.19. The van der Waals surface area contributed by atoms with E-state index in [1.165, 1.54) is 0 Å². The number of aryl methyl sites for hydroxylation is 1. The summed E-state index contributed by atoms with van der Waals surface area (Å²) >= 11 is 0. The minimum Gasteiger partial charge on any atom is -0.356 e. The Balaban J connectivity index is 1.24. The minimum absolute atomic E-state index is 0.248. The average Bonchev–Trinajstić information content (AvgIpc) is 3.63. The molecule has 2 N–H and O–H groups in total. The summed E-state index contributed by atoms with van der Waals surface area (Å²) in [5.74, 6) is 0.648. The van der Waals surface area contributed by atoms with Gasteiger partial charge < -0.3 is 20.0 Å². The molecule has 3 aromatic carbocycles. The molecule has 1 aliphatic carbocycles. The zero-order valence-electron chi connectivity index (χ0n) is 19.6. The van der Waals surface area contributed by atoms with Crippen LogP contribution in [-0.4, -0.2) is 17.5 Å². The maximum atomic E-state index is 12.3. The number of urea groups is 1. The maximum absolute atomic E-state index is 12.3. The molecular formula is C29H27N3O3. The summed E-state index contributed by atoms with van der Waals surface area (Å²) in [6.45, 7) is 2.64. The molecule has 6 heteroatoms. The standard InChI is InChI=1S/C29H27N3O3/c1-20-26(18-31-28(34)30-17-21-5-3-2-4-6-21)27(35-32-20)24-9-7-22(8-10-24)23-11-13-25(14-12-23)29(19-33)15-16-29/h2-14,19H,15-18H2,1H3,(H2,30,31,34). The van der Waals surface area contributed by atoms with Gasteiger partial charge in [0.1, 0.15) is 6.29 Å². The summed E-state index contributed by atoms with van der Waals surface area (Å²) in [7, 11) is 0. The highest BCUT2D eigenvalue weighted by Gasteiger charge is 2.44. The van der Waals surface area contributed by atoms with Gasteiger partial charge in [-0.25, -0.2) is 4.79 Å². The lowest BCUT2D eigenvalue weighted by molar-refractivity contribution is -0.109. The van der Waals surface area contributed by atoms with Crippen molar-refractivity contribution in [1.82, 2.24) is 15.8 Å². The molecule has 0 unspecified atom stereocenters. The Morgan fingerprint density at radius 2 is 1.49 bits per heavy atom. The molecule has 0 atom stereocenters. The van der Waals surface area contributed by atoms with Crippen molar-refractivity contribution in [3.63, 3.8) is 0 Å². The van der Waals surface area contributed by atoms with Crippen LogP contribution in [0.4, 0.5) is 4.79 Å². The van der Waals surface area contributed by atoms with E-state index in [1.54, 1.807) is 0 Å². The number of hydrogen-bond acceptors (Lipinski definition) is 4. The fraction of sp³-hybridized carbons (Fsp3) is 0.207. The maximum Gasteiger partial charge on any atom is 0.315 e. The molecule has 6 nitrogen and oxygen atoms in total. The SMILES string of the molecule is Cc1noc(-c2ccc(-c3ccc(C4(C=O)CC4)cc3)cc2)c1CNC(=O)NCc1ccccc1. The zero-order chi connectivity index (χ0) is 24.3. The number of carbonyl (C=O) groups excluding carboxylic acids is 2. The summed E-state index contributed by atoms with van der Waals surface area (Å²) in [6.07, 6.45) is 2.95. The third-order valence-electron chi connectivity index (χ3n) is 6.66. The van der Waals surface area contributed by atoms with Crippen molar-refractivity contribution in [3.8, 4) is 22.5 Å². The molecule has 0 saturated heterocycles. The van der Waals surface area contributed by atoms with Crippen LogP contribution >= 0.6 is 0 Å². The first-order chi connectivity index (χ1) is 17.1. The number of rotatable bonds is 8.